The maximum Gasteiger partial charge on any atom is 0.248 e. The lowest BCUT2D eigenvalue weighted by Crippen LogP contribution is -2.31. The van der Waals surface area contributed by atoms with E-state index in [0.29, 0.717) is 11.3 Å². The number of carbonyl (C=O) groups excluding carboxylic acids is 2. The fraction of sp³-hybridized carbons (Fsp3) is 0.304. The lowest BCUT2D eigenvalue weighted by atomic mass is 10.1. The Bertz CT molecular complexity index is 1090. The number of carbonyl (C=O) groups is 2. The van der Waals surface area contributed by atoms with Gasteiger partial charge in [-0.15, -0.1) is 10.2 Å². The standard InChI is InChI=1S/C23H26N6O2/c1-15(23(31)26-18-11-9-16(10-12-18)21(24)30)25-19-7-5-6-17(14-19)22-28-27-20-8-3-2-4-13-29(20)22/h5-7,9-12,14-15,25H,2-4,8,13H2,1H3,(H2,24,30)(H,26,31)/t15-/m0/s1. The van der Waals surface area contributed by atoms with E-state index in [1.165, 1.54) is 6.42 Å². The first-order chi connectivity index (χ1) is 15.0. The highest BCUT2D eigenvalue weighted by molar-refractivity contribution is 5.97. The number of benzene rings is 2. The molecule has 1 aromatic heterocycles. The second-order valence-corrected chi connectivity index (χ2v) is 7.78. The number of nitrogens with one attached hydrogen (secondary N) is 2. The monoisotopic (exact) mass is 418 g/mol. The molecule has 4 rings (SSSR count). The summed E-state index contributed by atoms with van der Waals surface area (Å²) in [5.41, 5.74) is 8.04. The number of hydrogen-bond acceptors (Lipinski definition) is 5. The first-order valence-corrected chi connectivity index (χ1v) is 10.5. The van der Waals surface area contributed by atoms with E-state index >= 15 is 0 Å². The van der Waals surface area contributed by atoms with Crippen LogP contribution in [0.5, 0.6) is 0 Å². The number of amides is 2. The molecule has 0 spiro atoms. The van der Waals surface area contributed by atoms with Crippen LogP contribution in [0.15, 0.2) is 48.5 Å². The molecule has 8 nitrogen and oxygen atoms in total. The van der Waals surface area contributed by atoms with Gasteiger partial charge in [-0.05, 0) is 56.2 Å². The summed E-state index contributed by atoms with van der Waals surface area (Å²) in [5.74, 6) is 1.22. The van der Waals surface area contributed by atoms with Crippen LogP contribution >= 0.6 is 0 Å². The Morgan fingerprint density at radius 2 is 1.84 bits per heavy atom. The smallest absolute Gasteiger partial charge is 0.248 e. The minimum Gasteiger partial charge on any atom is -0.374 e. The molecule has 2 heterocycles. The van der Waals surface area contributed by atoms with E-state index in [2.05, 4.69) is 25.4 Å². The third-order valence-electron chi connectivity index (χ3n) is 5.44. The zero-order valence-corrected chi connectivity index (χ0v) is 17.5. The van der Waals surface area contributed by atoms with Gasteiger partial charge in [-0.1, -0.05) is 18.6 Å². The van der Waals surface area contributed by atoms with Gasteiger partial charge in [0.05, 0.1) is 0 Å². The van der Waals surface area contributed by atoms with E-state index in [1.54, 1.807) is 31.2 Å². The van der Waals surface area contributed by atoms with Crippen LogP contribution in [0.2, 0.25) is 0 Å². The van der Waals surface area contributed by atoms with Gasteiger partial charge < -0.3 is 20.9 Å². The van der Waals surface area contributed by atoms with Crippen molar-refractivity contribution in [1.29, 1.82) is 0 Å². The number of anilines is 2. The summed E-state index contributed by atoms with van der Waals surface area (Å²) in [4.78, 5) is 23.8. The second kappa shape index (κ2) is 8.99. The molecule has 1 aliphatic heterocycles. The Morgan fingerprint density at radius 3 is 2.61 bits per heavy atom. The molecule has 160 valence electrons. The molecule has 0 aliphatic carbocycles. The van der Waals surface area contributed by atoms with Crippen molar-refractivity contribution in [1.82, 2.24) is 14.8 Å². The minimum atomic E-state index is -0.502. The van der Waals surface area contributed by atoms with E-state index in [9.17, 15) is 9.59 Å². The van der Waals surface area contributed by atoms with Crippen molar-refractivity contribution in [2.45, 2.75) is 45.2 Å². The summed E-state index contributed by atoms with van der Waals surface area (Å²) in [6.45, 7) is 2.73. The number of aromatic nitrogens is 3. The van der Waals surface area contributed by atoms with Crippen LogP contribution in [0, 0.1) is 0 Å². The molecule has 0 radical (unpaired) electrons. The summed E-state index contributed by atoms with van der Waals surface area (Å²) >= 11 is 0. The zero-order chi connectivity index (χ0) is 21.8. The maximum absolute atomic E-state index is 12.6. The van der Waals surface area contributed by atoms with Gasteiger partial charge in [-0.25, -0.2) is 0 Å². The maximum atomic E-state index is 12.6. The average molecular weight is 419 g/mol. The zero-order valence-electron chi connectivity index (χ0n) is 17.5. The van der Waals surface area contributed by atoms with Crippen molar-refractivity contribution < 1.29 is 9.59 Å². The summed E-state index contributed by atoms with van der Waals surface area (Å²) in [5, 5.41) is 14.9. The Hall–Kier alpha value is -3.68. The molecule has 8 heteroatoms. The van der Waals surface area contributed by atoms with Gasteiger partial charge >= 0.3 is 0 Å². The number of rotatable bonds is 6. The molecule has 1 atom stereocenters. The van der Waals surface area contributed by atoms with E-state index in [-0.39, 0.29) is 5.91 Å². The number of fused-ring (bicyclic) bond motifs is 1. The summed E-state index contributed by atoms with van der Waals surface area (Å²) in [6, 6.07) is 13.9. The predicted molar refractivity (Wildman–Crippen MR) is 120 cm³/mol. The fourth-order valence-electron chi connectivity index (χ4n) is 3.73. The van der Waals surface area contributed by atoms with E-state index in [1.807, 2.05) is 24.3 Å². The van der Waals surface area contributed by atoms with Crippen LogP contribution in [0.4, 0.5) is 11.4 Å². The fourth-order valence-corrected chi connectivity index (χ4v) is 3.73. The molecular formula is C23H26N6O2. The third-order valence-corrected chi connectivity index (χ3v) is 5.44. The van der Waals surface area contributed by atoms with Crippen molar-refractivity contribution in [3.63, 3.8) is 0 Å². The molecule has 3 aromatic rings. The molecule has 0 bridgehead atoms. The van der Waals surface area contributed by atoms with Crippen molar-refractivity contribution in [2.75, 3.05) is 10.6 Å². The molecule has 0 unspecified atom stereocenters. The number of primary amides is 1. The first kappa shape index (κ1) is 20.6. The molecule has 0 saturated heterocycles. The van der Waals surface area contributed by atoms with Gasteiger partial charge in [0, 0.05) is 35.5 Å². The van der Waals surface area contributed by atoms with Crippen LogP contribution in [-0.4, -0.2) is 32.6 Å². The topological polar surface area (TPSA) is 115 Å². The normalized spacial score (nSPS) is 14.2. The molecule has 0 fully saturated rings. The third kappa shape index (κ3) is 4.74. The second-order valence-electron chi connectivity index (χ2n) is 7.78. The van der Waals surface area contributed by atoms with Crippen LogP contribution in [-0.2, 0) is 17.8 Å². The van der Waals surface area contributed by atoms with E-state index in [0.717, 1.165) is 48.7 Å². The Labute approximate surface area is 180 Å². The Balaban J connectivity index is 1.44. The van der Waals surface area contributed by atoms with Crippen LogP contribution in [0.25, 0.3) is 11.4 Å². The number of nitrogens with two attached hydrogens (primary N) is 1. The molecule has 1 aliphatic rings. The largest absolute Gasteiger partial charge is 0.374 e. The number of hydrogen-bond donors (Lipinski definition) is 3. The molecular weight excluding hydrogens is 392 g/mol. The highest BCUT2D eigenvalue weighted by atomic mass is 16.2. The van der Waals surface area contributed by atoms with Crippen molar-refractivity contribution >= 4 is 23.2 Å². The SMILES string of the molecule is C[C@H](Nc1cccc(-c2nnc3n2CCCCC3)c1)C(=O)Nc1ccc(C(N)=O)cc1. The number of aryl methyl sites for hydroxylation is 1. The highest BCUT2D eigenvalue weighted by Crippen LogP contribution is 2.25. The molecule has 0 saturated carbocycles. The molecule has 2 aromatic carbocycles. The lowest BCUT2D eigenvalue weighted by molar-refractivity contribution is -0.116. The van der Waals surface area contributed by atoms with Gasteiger partial charge in [0.15, 0.2) is 5.82 Å². The van der Waals surface area contributed by atoms with Gasteiger partial charge in [0.1, 0.15) is 11.9 Å². The van der Waals surface area contributed by atoms with Crippen molar-refractivity contribution in [3.8, 4) is 11.4 Å². The van der Waals surface area contributed by atoms with Crippen LogP contribution in [0.1, 0.15) is 42.4 Å². The van der Waals surface area contributed by atoms with Crippen molar-refractivity contribution in [2.24, 2.45) is 5.73 Å². The van der Waals surface area contributed by atoms with Gasteiger partial charge in [-0.2, -0.15) is 0 Å². The van der Waals surface area contributed by atoms with Gasteiger partial charge in [0.25, 0.3) is 0 Å². The lowest BCUT2D eigenvalue weighted by Gasteiger charge is -2.16. The summed E-state index contributed by atoms with van der Waals surface area (Å²) in [7, 11) is 0. The Morgan fingerprint density at radius 1 is 1.03 bits per heavy atom. The molecule has 2 amide bonds. The van der Waals surface area contributed by atoms with Crippen LogP contribution < -0.4 is 16.4 Å². The van der Waals surface area contributed by atoms with Crippen LogP contribution in [0.3, 0.4) is 0 Å². The van der Waals surface area contributed by atoms with Gasteiger partial charge in [-0.3, -0.25) is 9.59 Å². The Kier molecular flexibility index (Phi) is 5.97. The first-order valence-electron chi connectivity index (χ1n) is 10.5. The summed E-state index contributed by atoms with van der Waals surface area (Å²) in [6.07, 6.45) is 4.45. The van der Waals surface area contributed by atoms with E-state index in [4.69, 9.17) is 5.73 Å². The number of nitrogens with zero attached hydrogens (tertiary/aromatic N) is 3. The molecule has 31 heavy (non-hydrogen) atoms. The summed E-state index contributed by atoms with van der Waals surface area (Å²) < 4.78 is 2.21. The highest BCUT2D eigenvalue weighted by Gasteiger charge is 2.17. The quantitative estimate of drug-likeness (QED) is 0.569. The van der Waals surface area contributed by atoms with E-state index < -0.39 is 11.9 Å². The minimum absolute atomic E-state index is 0.187. The van der Waals surface area contributed by atoms with Crippen molar-refractivity contribution in [3.05, 3.63) is 59.9 Å². The average Bonchev–Trinajstić information content (AvgIpc) is 3.02. The predicted octanol–water partition coefficient (Wildman–Crippen LogP) is 3.21. The molecule has 4 N–H and O–H groups in total. The van der Waals surface area contributed by atoms with Gasteiger partial charge in [0.2, 0.25) is 11.8 Å².